The zero-order chi connectivity index (χ0) is 19.2. The first-order chi connectivity index (χ1) is 13.8. The van der Waals surface area contributed by atoms with E-state index in [1.54, 1.807) is 31.8 Å². The number of nitrogens with zero attached hydrogens (tertiary/aromatic N) is 4. The number of anilines is 1. The highest BCUT2D eigenvalue weighted by atomic mass is 16.5. The number of methoxy groups -OCH3 is 1. The molecule has 0 radical (unpaired) electrons. The zero-order valence-corrected chi connectivity index (χ0v) is 15.9. The summed E-state index contributed by atoms with van der Waals surface area (Å²) < 4.78 is 5.25. The summed E-state index contributed by atoms with van der Waals surface area (Å²) in [6, 6.07) is 10.3. The summed E-state index contributed by atoms with van der Waals surface area (Å²) in [5.74, 6) is 2.23. The monoisotopic (exact) mass is 376 g/mol. The Morgan fingerprint density at radius 1 is 1.14 bits per heavy atom. The average Bonchev–Trinajstić information content (AvgIpc) is 3.28. The maximum absolute atomic E-state index is 5.25. The van der Waals surface area contributed by atoms with Gasteiger partial charge < -0.3 is 15.4 Å². The molecule has 0 unspecified atom stereocenters. The number of hydrogen-bond acceptors (Lipinski definition) is 7. The number of hydrogen-bond donors (Lipinski definition) is 2. The van der Waals surface area contributed by atoms with Gasteiger partial charge in [0.15, 0.2) is 5.82 Å². The number of benzene rings is 1. The van der Waals surface area contributed by atoms with Gasteiger partial charge >= 0.3 is 0 Å². The maximum Gasteiger partial charge on any atom is 0.179 e. The number of rotatable bonds is 7. The van der Waals surface area contributed by atoms with Crippen LogP contribution in [0.4, 0.5) is 5.82 Å². The highest BCUT2D eigenvalue weighted by molar-refractivity contribution is 5.53. The summed E-state index contributed by atoms with van der Waals surface area (Å²) in [5, 5.41) is 6.98. The summed E-state index contributed by atoms with van der Waals surface area (Å²) in [7, 11) is 1.67. The largest absolute Gasteiger partial charge is 0.497 e. The van der Waals surface area contributed by atoms with Crippen molar-refractivity contribution in [2.75, 3.05) is 25.5 Å². The molecule has 28 heavy (non-hydrogen) atoms. The molecule has 7 heteroatoms. The van der Waals surface area contributed by atoms with Crippen LogP contribution in [0.3, 0.4) is 0 Å². The van der Waals surface area contributed by atoms with Crippen LogP contribution < -0.4 is 15.4 Å². The van der Waals surface area contributed by atoms with Gasteiger partial charge in [-0.25, -0.2) is 19.9 Å². The van der Waals surface area contributed by atoms with Crippen molar-refractivity contribution in [2.45, 2.75) is 25.3 Å². The second-order valence-corrected chi connectivity index (χ2v) is 6.82. The van der Waals surface area contributed by atoms with Crippen molar-refractivity contribution >= 4 is 5.82 Å². The normalized spacial score (nSPS) is 16.1. The lowest BCUT2D eigenvalue weighted by Gasteiger charge is -2.15. The van der Waals surface area contributed by atoms with Crippen molar-refractivity contribution in [3.8, 4) is 17.3 Å². The molecule has 1 atom stereocenters. The Hall–Kier alpha value is -3.06. The molecular formula is C21H24N6O. The summed E-state index contributed by atoms with van der Waals surface area (Å²) in [6.45, 7) is 1.92. The fourth-order valence-corrected chi connectivity index (χ4v) is 3.32. The standard InChI is InChI=1S/C21H24N6O/c1-28-17-7-5-15(6-8-17)12-18-20(25-13-16-4-2-9-22-16)26-14-19(27-18)21-23-10-3-11-24-21/h3,5-8,10-11,14,16,22H,2,4,9,12-13H2,1H3,(H,25,26)/t16-/m0/s1. The lowest BCUT2D eigenvalue weighted by atomic mass is 10.1. The van der Waals surface area contributed by atoms with Gasteiger partial charge in [-0.3, -0.25) is 0 Å². The minimum Gasteiger partial charge on any atom is -0.497 e. The number of aromatic nitrogens is 4. The van der Waals surface area contributed by atoms with Gasteiger partial charge in [-0.05, 0) is 43.1 Å². The van der Waals surface area contributed by atoms with E-state index < -0.39 is 0 Å². The maximum atomic E-state index is 5.25. The SMILES string of the molecule is COc1ccc(Cc2nc(-c3ncccn3)cnc2NC[C@@H]2CCCN2)cc1. The zero-order valence-electron chi connectivity index (χ0n) is 15.9. The first-order valence-electron chi connectivity index (χ1n) is 9.55. The van der Waals surface area contributed by atoms with E-state index in [1.165, 1.54) is 12.8 Å². The molecule has 0 bridgehead atoms. The van der Waals surface area contributed by atoms with Gasteiger partial charge in [0, 0.05) is 31.4 Å². The van der Waals surface area contributed by atoms with Crippen molar-refractivity contribution in [3.63, 3.8) is 0 Å². The van der Waals surface area contributed by atoms with Crippen LogP contribution in [0.25, 0.3) is 11.5 Å². The van der Waals surface area contributed by atoms with Crippen LogP contribution in [0.2, 0.25) is 0 Å². The predicted octanol–water partition coefficient (Wildman–Crippen LogP) is 2.70. The molecule has 3 heterocycles. The van der Waals surface area contributed by atoms with E-state index in [4.69, 9.17) is 9.72 Å². The van der Waals surface area contributed by atoms with Crippen LogP contribution in [0.5, 0.6) is 5.75 Å². The quantitative estimate of drug-likeness (QED) is 0.656. The van der Waals surface area contributed by atoms with Gasteiger partial charge in [0.2, 0.25) is 0 Å². The van der Waals surface area contributed by atoms with Gasteiger partial charge in [0.25, 0.3) is 0 Å². The van der Waals surface area contributed by atoms with Crippen LogP contribution in [0, 0.1) is 0 Å². The Kier molecular flexibility index (Phi) is 5.72. The van der Waals surface area contributed by atoms with E-state index in [9.17, 15) is 0 Å². The molecule has 1 saturated heterocycles. The molecule has 7 nitrogen and oxygen atoms in total. The molecule has 2 N–H and O–H groups in total. The number of nitrogens with one attached hydrogen (secondary N) is 2. The third-order valence-electron chi connectivity index (χ3n) is 4.85. The van der Waals surface area contributed by atoms with E-state index in [1.807, 2.05) is 12.1 Å². The van der Waals surface area contributed by atoms with Gasteiger partial charge in [0.05, 0.1) is 19.0 Å². The third-order valence-corrected chi connectivity index (χ3v) is 4.85. The van der Waals surface area contributed by atoms with Gasteiger partial charge in [-0.1, -0.05) is 12.1 Å². The molecule has 0 amide bonds. The van der Waals surface area contributed by atoms with Gasteiger partial charge in [-0.15, -0.1) is 0 Å². The highest BCUT2D eigenvalue weighted by Crippen LogP contribution is 2.21. The molecule has 1 fully saturated rings. The third kappa shape index (κ3) is 4.43. The van der Waals surface area contributed by atoms with Crippen LogP contribution >= 0.6 is 0 Å². The van der Waals surface area contributed by atoms with E-state index in [0.717, 1.165) is 35.9 Å². The summed E-state index contributed by atoms with van der Waals surface area (Å²) in [4.78, 5) is 18.1. The van der Waals surface area contributed by atoms with E-state index >= 15 is 0 Å². The Labute approximate surface area is 164 Å². The minimum atomic E-state index is 0.479. The summed E-state index contributed by atoms with van der Waals surface area (Å²) in [6.07, 6.45) is 8.23. The summed E-state index contributed by atoms with van der Waals surface area (Å²) >= 11 is 0. The van der Waals surface area contributed by atoms with E-state index in [0.29, 0.717) is 24.0 Å². The van der Waals surface area contributed by atoms with Crippen LogP contribution in [-0.2, 0) is 6.42 Å². The van der Waals surface area contributed by atoms with Crippen LogP contribution in [0.1, 0.15) is 24.1 Å². The first-order valence-corrected chi connectivity index (χ1v) is 9.55. The summed E-state index contributed by atoms with van der Waals surface area (Å²) in [5.41, 5.74) is 2.70. The Morgan fingerprint density at radius 2 is 1.96 bits per heavy atom. The van der Waals surface area contributed by atoms with Crippen molar-refractivity contribution in [2.24, 2.45) is 0 Å². The Bertz CT molecular complexity index is 895. The van der Waals surface area contributed by atoms with Crippen molar-refractivity contribution in [3.05, 3.63) is 60.2 Å². The first kappa shape index (κ1) is 18.3. The molecule has 1 aliphatic rings. The van der Waals surface area contributed by atoms with E-state index in [-0.39, 0.29) is 0 Å². The Balaban J connectivity index is 1.59. The molecule has 1 aromatic carbocycles. The Morgan fingerprint density at radius 3 is 2.68 bits per heavy atom. The number of ether oxygens (including phenoxy) is 1. The van der Waals surface area contributed by atoms with Crippen molar-refractivity contribution in [1.82, 2.24) is 25.3 Å². The lowest BCUT2D eigenvalue weighted by molar-refractivity contribution is 0.414. The predicted molar refractivity (Wildman–Crippen MR) is 108 cm³/mol. The van der Waals surface area contributed by atoms with Crippen LogP contribution in [-0.4, -0.2) is 46.2 Å². The van der Waals surface area contributed by atoms with Gasteiger partial charge in [-0.2, -0.15) is 0 Å². The lowest BCUT2D eigenvalue weighted by Crippen LogP contribution is -2.30. The molecule has 144 valence electrons. The smallest absolute Gasteiger partial charge is 0.179 e. The average molecular weight is 376 g/mol. The fourth-order valence-electron chi connectivity index (χ4n) is 3.32. The topological polar surface area (TPSA) is 84.9 Å². The second-order valence-electron chi connectivity index (χ2n) is 6.82. The molecule has 3 aromatic rings. The molecular weight excluding hydrogens is 352 g/mol. The highest BCUT2D eigenvalue weighted by Gasteiger charge is 2.16. The minimum absolute atomic E-state index is 0.479. The van der Waals surface area contributed by atoms with Crippen molar-refractivity contribution in [1.29, 1.82) is 0 Å². The molecule has 0 spiro atoms. The molecule has 4 rings (SSSR count). The second kappa shape index (κ2) is 8.75. The fraction of sp³-hybridized carbons (Fsp3) is 0.333. The molecule has 1 aliphatic heterocycles. The van der Waals surface area contributed by atoms with Gasteiger partial charge in [0.1, 0.15) is 17.3 Å². The molecule has 2 aromatic heterocycles. The van der Waals surface area contributed by atoms with E-state index in [2.05, 4.69) is 37.7 Å². The molecule has 0 saturated carbocycles. The van der Waals surface area contributed by atoms with Crippen LogP contribution in [0.15, 0.2) is 48.9 Å². The molecule has 0 aliphatic carbocycles. The van der Waals surface area contributed by atoms with Crippen molar-refractivity contribution < 1.29 is 4.74 Å².